The Labute approximate surface area is 162 Å². The second-order valence-electron chi connectivity index (χ2n) is 6.40. The smallest absolute Gasteiger partial charge is 0.221 e. The molecule has 0 aliphatic rings. The lowest BCUT2D eigenvalue weighted by molar-refractivity contribution is -0.122. The molecule has 0 radical (unpaired) electrons. The first-order valence-electron chi connectivity index (χ1n) is 8.86. The molecule has 5 nitrogen and oxygen atoms in total. The number of hydrogen-bond donors (Lipinski definition) is 2. The van der Waals surface area contributed by atoms with Gasteiger partial charge in [0.05, 0.1) is 6.42 Å². The summed E-state index contributed by atoms with van der Waals surface area (Å²) < 4.78 is 0. The molecular formula is C23H20N2O3. The SMILES string of the molecule is CC(=O)Nc1ccc(/C=C/C(=O)CC(=O)/C=C/c2ccc3cc[nH]c3c2)cc1. The Hall–Kier alpha value is -3.73. The monoisotopic (exact) mass is 372 g/mol. The number of fused-ring (bicyclic) bond motifs is 1. The first kappa shape index (κ1) is 19.0. The summed E-state index contributed by atoms with van der Waals surface area (Å²) in [6.45, 7) is 1.44. The lowest BCUT2D eigenvalue weighted by Crippen LogP contribution is -2.05. The molecule has 1 aromatic heterocycles. The Morgan fingerprint density at radius 2 is 1.54 bits per heavy atom. The van der Waals surface area contributed by atoms with Crippen LogP contribution in [0.2, 0.25) is 0 Å². The van der Waals surface area contributed by atoms with E-state index < -0.39 is 0 Å². The predicted molar refractivity (Wildman–Crippen MR) is 112 cm³/mol. The van der Waals surface area contributed by atoms with Gasteiger partial charge in [0.1, 0.15) is 0 Å². The molecule has 3 aromatic rings. The Kier molecular flexibility index (Phi) is 5.97. The molecule has 0 atom stereocenters. The van der Waals surface area contributed by atoms with Crippen LogP contribution >= 0.6 is 0 Å². The van der Waals surface area contributed by atoms with E-state index in [2.05, 4.69) is 10.3 Å². The van der Waals surface area contributed by atoms with Gasteiger partial charge in [-0.25, -0.2) is 0 Å². The van der Waals surface area contributed by atoms with Crippen LogP contribution in [-0.2, 0) is 14.4 Å². The topological polar surface area (TPSA) is 79.0 Å². The lowest BCUT2D eigenvalue weighted by atomic mass is 10.1. The number of hydrogen-bond acceptors (Lipinski definition) is 3. The average Bonchev–Trinajstić information content (AvgIpc) is 3.13. The molecule has 0 bridgehead atoms. The van der Waals surface area contributed by atoms with Crippen molar-refractivity contribution in [1.82, 2.24) is 4.98 Å². The fourth-order valence-electron chi connectivity index (χ4n) is 2.72. The van der Waals surface area contributed by atoms with Gasteiger partial charge in [-0.1, -0.05) is 36.4 Å². The number of carbonyl (C=O) groups is 3. The zero-order chi connectivity index (χ0) is 19.9. The minimum Gasteiger partial charge on any atom is -0.361 e. The maximum Gasteiger partial charge on any atom is 0.221 e. The van der Waals surface area contributed by atoms with Crippen LogP contribution in [0.5, 0.6) is 0 Å². The van der Waals surface area contributed by atoms with Crippen LogP contribution in [0.4, 0.5) is 5.69 Å². The van der Waals surface area contributed by atoms with E-state index in [9.17, 15) is 14.4 Å². The quantitative estimate of drug-likeness (QED) is 0.477. The Morgan fingerprint density at radius 1 is 0.893 bits per heavy atom. The van der Waals surface area contributed by atoms with E-state index in [0.717, 1.165) is 22.0 Å². The molecule has 28 heavy (non-hydrogen) atoms. The molecule has 0 spiro atoms. The van der Waals surface area contributed by atoms with Crippen LogP contribution < -0.4 is 5.32 Å². The van der Waals surface area contributed by atoms with E-state index in [1.807, 2.05) is 30.5 Å². The van der Waals surface area contributed by atoms with E-state index in [4.69, 9.17) is 0 Å². The summed E-state index contributed by atoms with van der Waals surface area (Å²) in [6, 6.07) is 14.9. The van der Waals surface area contributed by atoms with Crippen molar-refractivity contribution in [2.24, 2.45) is 0 Å². The standard InChI is InChI=1S/C23H20N2O3/c1-16(26)25-20-8-3-17(4-9-20)5-10-21(27)15-22(28)11-6-18-2-7-19-12-13-24-23(19)14-18/h2-14,24H,15H2,1H3,(H,25,26)/b10-5+,11-6+. The van der Waals surface area contributed by atoms with Crippen molar-refractivity contribution in [3.63, 3.8) is 0 Å². The Balaban J connectivity index is 1.54. The van der Waals surface area contributed by atoms with E-state index >= 15 is 0 Å². The Morgan fingerprint density at radius 3 is 2.21 bits per heavy atom. The summed E-state index contributed by atoms with van der Waals surface area (Å²) in [7, 11) is 0. The summed E-state index contributed by atoms with van der Waals surface area (Å²) in [5.74, 6) is -0.652. The molecule has 0 aliphatic carbocycles. The van der Waals surface area contributed by atoms with Crippen LogP contribution in [0.25, 0.3) is 23.1 Å². The van der Waals surface area contributed by atoms with Gasteiger partial charge in [0.2, 0.25) is 5.91 Å². The molecule has 0 fully saturated rings. The molecule has 1 heterocycles. The molecule has 0 unspecified atom stereocenters. The highest BCUT2D eigenvalue weighted by Crippen LogP contribution is 2.15. The van der Waals surface area contributed by atoms with Crippen molar-refractivity contribution in [3.05, 3.63) is 78.0 Å². The second-order valence-corrected chi connectivity index (χ2v) is 6.40. The van der Waals surface area contributed by atoms with Gasteiger partial charge in [0.15, 0.2) is 11.6 Å². The van der Waals surface area contributed by atoms with Crippen LogP contribution in [0.1, 0.15) is 24.5 Å². The third kappa shape index (κ3) is 5.38. The Bertz CT molecular complexity index is 1070. The lowest BCUT2D eigenvalue weighted by Gasteiger charge is -2.01. The summed E-state index contributed by atoms with van der Waals surface area (Å²) in [6.07, 6.45) is 7.86. The maximum atomic E-state index is 12.0. The number of carbonyl (C=O) groups excluding carboxylic acids is 3. The van der Waals surface area contributed by atoms with Gasteiger partial charge in [-0.15, -0.1) is 0 Å². The van der Waals surface area contributed by atoms with Gasteiger partial charge in [0.25, 0.3) is 0 Å². The number of amides is 1. The van der Waals surface area contributed by atoms with Crippen molar-refractivity contribution in [2.75, 3.05) is 5.32 Å². The summed E-state index contributed by atoms with van der Waals surface area (Å²) in [4.78, 5) is 38.1. The molecule has 0 saturated carbocycles. The fourth-order valence-corrected chi connectivity index (χ4v) is 2.72. The third-order valence-electron chi connectivity index (χ3n) is 4.08. The zero-order valence-electron chi connectivity index (χ0n) is 15.4. The van der Waals surface area contributed by atoms with E-state index in [-0.39, 0.29) is 23.9 Å². The van der Waals surface area contributed by atoms with Crippen molar-refractivity contribution in [3.8, 4) is 0 Å². The van der Waals surface area contributed by atoms with Gasteiger partial charge in [-0.3, -0.25) is 14.4 Å². The van der Waals surface area contributed by atoms with Crippen molar-refractivity contribution in [2.45, 2.75) is 13.3 Å². The second kappa shape index (κ2) is 8.77. The first-order chi connectivity index (χ1) is 13.5. The molecule has 140 valence electrons. The minimum absolute atomic E-state index is 0.141. The highest BCUT2D eigenvalue weighted by atomic mass is 16.2. The van der Waals surface area contributed by atoms with Crippen molar-refractivity contribution in [1.29, 1.82) is 0 Å². The fraction of sp³-hybridized carbons (Fsp3) is 0.0870. The van der Waals surface area contributed by atoms with Crippen molar-refractivity contribution >= 4 is 46.2 Å². The van der Waals surface area contributed by atoms with Crippen LogP contribution in [-0.4, -0.2) is 22.5 Å². The number of benzene rings is 2. The van der Waals surface area contributed by atoms with Gasteiger partial charge in [-0.2, -0.15) is 0 Å². The average molecular weight is 372 g/mol. The number of rotatable bonds is 7. The van der Waals surface area contributed by atoms with Crippen LogP contribution in [0.3, 0.4) is 0 Å². The molecular weight excluding hydrogens is 352 g/mol. The van der Waals surface area contributed by atoms with Gasteiger partial charge < -0.3 is 10.3 Å². The van der Waals surface area contributed by atoms with E-state index in [1.54, 1.807) is 36.4 Å². The zero-order valence-corrected chi connectivity index (χ0v) is 15.4. The van der Waals surface area contributed by atoms with E-state index in [0.29, 0.717) is 5.69 Å². The van der Waals surface area contributed by atoms with E-state index in [1.165, 1.54) is 19.1 Å². The van der Waals surface area contributed by atoms with Gasteiger partial charge in [0, 0.05) is 24.3 Å². The third-order valence-corrected chi connectivity index (χ3v) is 4.08. The van der Waals surface area contributed by atoms with Gasteiger partial charge >= 0.3 is 0 Å². The normalized spacial score (nSPS) is 11.3. The summed E-state index contributed by atoms with van der Waals surface area (Å²) in [5, 5.41) is 3.78. The minimum atomic E-state index is -0.264. The highest BCUT2D eigenvalue weighted by molar-refractivity contribution is 6.11. The summed E-state index contributed by atoms with van der Waals surface area (Å²) in [5.41, 5.74) is 3.39. The van der Waals surface area contributed by atoms with Crippen molar-refractivity contribution < 1.29 is 14.4 Å². The highest BCUT2D eigenvalue weighted by Gasteiger charge is 2.04. The van der Waals surface area contributed by atoms with Crippen LogP contribution in [0, 0.1) is 0 Å². The molecule has 2 N–H and O–H groups in total. The predicted octanol–water partition coefficient (Wildman–Crippen LogP) is 4.38. The number of H-pyrrole nitrogens is 1. The number of nitrogens with one attached hydrogen (secondary N) is 2. The molecule has 2 aromatic carbocycles. The van der Waals surface area contributed by atoms with Gasteiger partial charge in [-0.05, 0) is 52.9 Å². The largest absolute Gasteiger partial charge is 0.361 e. The number of ketones is 2. The number of aromatic amines is 1. The molecule has 5 heteroatoms. The maximum absolute atomic E-state index is 12.0. The summed E-state index contributed by atoms with van der Waals surface area (Å²) >= 11 is 0. The molecule has 3 rings (SSSR count). The molecule has 1 amide bonds. The molecule has 0 saturated heterocycles. The molecule has 0 aliphatic heterocycles. The first-order valence-corrected chi connectivity index (χ1v) is 8.86. The number of aromatic nitrogens is 1. The van der Waals surface area contributed by atoms with Crippen LogP contribution in [0.15, 0.2) is 66.9 Å². The number of allylic oxidation sites excluding steroid dienone is 2. The number of anilines is 1.